The number of nitrogens with two attached hydrogens (primary N) is 1. The fraction of sp³-hybridized carbons (Fsp3) is 0.450. The lowest BCUT2D eigenvalue weighted by molar-refractivity contribution is -0.137. The van der Waals surface area contributed by atoms with Gasteiger partial charge < -0.3 is 15.8 Å². The SMILES string of the molecule is NCCCCNC(=O)COc1cccc2c1C(=O)C(C1CCC(=O)NC1=O)C2=O. The molecule has 2 unspecified atom stereocenters. The quantitative estimate of drug-likeness (QED) is 0.315. The van der Waals surface area contributed by atoms with Crippen LogP contribution in [-0.2, 0) is 14.4 Å². The molecular weight excluding hydrogens is 378 g/mol. The Morgan fingerprint density at radius 2 is 1.97 bits per heavy atom. The van der Waals surface area contributed by atoms with Gasteiger partial charge in [0.15, 0.2) is 18.2 Å². The number of ketones is 2. The zero-order chi connectivity index (χ0) is 21.0. The molecule has 1 aliphatic carbocycles. The maximum Gasteiger partial charge on any atom is 0.257 e. The first-order chi connectivity index (χ1) is 13.9. The highest BCUT2D eigenvalue weighted by molar-refractivity contribution is 6.29. The molecule has 0 bridgehead atoms. The minimum absolute atomic E-state index is 0.0808. The molecule has 29 heavy (non-hydrogen) atoms. The van der Waals surface area contributed by atoms with Crippen LogP contribution in [0.1, 0.15) is 46.4 Å². The molecule has 1 aromatic carbocycles. The van der Waals surface area contributed by atoms with Gasteiger partial charge in [0, 0.05) is 18.5 Å². The van der Waals surface area contributed by atoms with E-state index in [0.717, 1.165) is 12.8 Å². The van der Waals surface area contributed by atoms with Gasteiger partial charge in [0.05, 0.1) is 17.4 Å². The molecule has 1 aliphatic heterocycles. The first-order valence-electron chi connectivity index (χ1n) is 9.58. The number of rotatable bonds is 8. The Labute approximate surface area is 167 Å². The van der Waals surface area contributed by atoms with E-state index in [2.05, 4.69) is 10.6 Å². The molecule has 2 aliphatic rings. The number of Topliss-reactive ketones (excluding diaryl/α,β-unsaturated/α-hetero) is 2. The smallest absolute Gasteiger partial charge is 0.257 e. The molecule has 9 nitrogen and oxygen atoms in total. The van der Waals surface area contributed by atoms with E-state index in [1.165, 1.54) is 12.1 Å². The van der Waals surface area contributed by atoms with E-state index in [1.807, 2.05) is 0 Å². The number of ether oxygens (including phenoxy) is 1. The Bertz CT molecular complexity index is 866. The monoisotopic (exact) mass is 401 g/mol. The number of unbranched alkanes of at least 4 members (excludes halogenated alkanes) is 1. The van der Waals surface area contributed by atoms with Crippen molar-refractivity contribution in [3.8, 4) is 5.75 Å². The minimum atomic E-state index is -1.17. The van der Waals surface area contributed by atoms with Gasteiger partial charge in [-0.2, -0.15) is 0 Å². The molecule has 1 saturated heterocycles. The number of carbonyl (C=O) groups excluding carboxylic acids is 5. The number of imide groups is 1. The summed E-state index contributed by atoms with van der Waals surface area (Å²) in [7, 11) is 0. The van der Waals surface area contributed by atoms with Gasteiger partial charge in [0.25, 0.3) is 5.91 Å². The lowest BCUT2D eigenvalue weighted by atomic mass is 9.82. The fourth-order valence-electron chi connectivity index (χ4n) is 3.64. The zero-order valence-corrected chi connectivity index (χ0v) is 15.9. The van der Waals surface area contributed by atoms with Gasteiger partial charge >= 0.3 is 0 Å². The third kappa shape index (κ3) is 4.34. The standard InChI is InChI=1S/C20H23N3O6/c21-8-1-2-9-22-15(25)10-29-13-5-3-4-11-16(13)19(27)17(18(11)26)12-6-7-14(24)23-20(12)28/h3-5,12,17H,1-2,6-10,21H2,(H,22,25)(H,23,24,28). The van der Waals surface area contributed by atoms with Crippen molar-refractivity contribution >= 4 is 29.3 Å². The predicted octanol–water partition coefficient (Wildman–Crippen LogP) is -0.0315. The zero-order valence-electron chi connectivity index (χ0n) is 15.9. The number of carbonyl (C=O) groups is 5. The van der Waals surface area contributed by atoms with Crippen molar-refractivity contribution in [3.63, 3.8) is 0 Å². The molecule has 9 heteroatoms. The largest absolute Gasteiger partial charge is 0.483 e. The summed E-state index contributed by atoms with van der Waals surface area (Å²) < 4.78 is 5.50. The lowest BCUT2D eigenvalue weighted by Crippen LogP contribution is -2.46. The van der Waals surface area contributed by atoms with Crippen LogP contribution in [-0.4, -0.2) is 49.0 Å². The van der Waals surface area contributed by atoms with E-state index in [-0.39, 0.29) is 42.2 Å². The second kappa shape index (κ2) is 8.95. The van der Waals surface area contributed by atoms with Crippen molar-refractivity contribution in [2.24, 2.45) is 17.6 Å². The summed E-state index contributed by atoms with van der Waals surface area (Å²) in [6, 6.07) is 4.57. The summed E-state index contributed by atoms with van der Waals surface area (Å²) >= 11 is 0. The molecule has 3 amide bonds. The number of fused-ring (bicyclic) bond motifs is 1. The van der Waals surface area contributed by atoms with Crippen molar-refractivity contribution < 1.29 is 28.7 Å². The highest BCUT2D eigenvalue weighted by atomic mass is 16.5. The Morgan fingerprint density at radius 1 is 1.17 bits per heavy atom. The average molecular weight is 401 g/mol. The second-order valence-corrected chi connectivity index (χ2v) is 7.08. The van der Waals surface area contributed by atoms with Crippen LogP contribution in [0.3, 0.4) is 0 Å². The predicted molar refractivity (Wildman–Crippen MR) is 101 cm³/mol. The van der Waals surface area contributed by atoms with E-state index in [9.17, 15) is 24.0 Å². The van der Waals surface area contributed by atoms with Crippen LogP contribution in [0.4, 0.5) is 0 Å². The first-order valence-corrected chi connectivity index (χ1v) is 9.58. The van der Waals surface area contributed by atoms with Crippen LogP contribution >= 0.6 is 0 Å². The molecule has 154 valence electrons. The Balaban J connectivity index is 1.71. The lowest BCUT2D eigenvalue weighted by Gasteiger charge is -2.24. The van der Waals surface area contributed by atoms with Gasteiger partial charge in [-0.1, -0.05) is 12.1 Å². The molecular formula is C20H23N3O6. The molecule has 0 radical (unpaired) electrons. The van der Waals surface area contributed by atoms with E-state index in [1.54, 1.807) is 6.07 Å². The summed E-state index contributed by atoms with van der Waals surface area (Å²) in [5, 5.41) is 4.87. The number of hydrogen-bond donors (Lipinski definition) is 3. The van der Waals surface area contributed by atoms with E-state index in [0.29, 0.717) is 13.1 Å². The van der Waals surface area contributed by atoms with Crippen molar-refractivity contribution in [1.29, 1.82) is 0 Å². The molecule has 1 heterocycles. The Hall–Kier alpha value is -3.07. The summed E-state index contributed by atoms with van der Waals surface area (Å²) in [6.07, 6.45) is 1.77. The maximum absolute atomic E-state index is 13.0. The molecule has 1 fully saturated rings. The minimum Gasteiger partial charge on any atom is -0.483 e. The first kappa shape index (κ1) is 20.7. The Morgan fingerprint density at radius 3 is 2.69 bits per heavy atom. The fourth-order valence-corrected chi connectivity index (χ4v) is 3.64. The molecule has 4 N–H and O–H groups in total. The average Bonchev–Trinajstić information content (AvgIpc) is 2.95. The number of hydrogen-bond acceptors (Lipinski definition) is 7. The number of benzene rings is 1. The van der Waals surface area contributed by atoms with Crippen LogP contribution in [0.15, 0.2) is 18.2 Å². The number of nitrogens with one attached hydrogen (secondary N) is 2. The highest BCUT2D eigenvalue weighted by Crippen LogP contribution is 2.39. The number of piperidine rings is 1. The van der Waals surface area contributed by atoms with Crippen LogP contribution < -0.4 is 21.1 Å². The van der Waals surface area contributed by atoms with E-state index >= 15 is 0 Å². The van der Waals surface area contributed by atoms with Gasteiger partial charge in [-0.15, -0.1) is 0 Å². The van der Waals surface area contributed by atoms with Crippen molar-refractivity contribution in [2.45, 2.75) is 25.7 Å². The molecule has 0 saturated carbocycles. The molecule has 0 spiro atoms. The van der Waals surface area contributed by atoms with E-state index < -0.39 is 35.2 Å². The molecule has 3 rings (SSSR count). The molecule has 1 aromatic rings. The summed E-state index contributed by atoms with van der Waals surface area (Å²) in [4.78, 5) is 61.2. The molecule has 2 atom stereocenters. The van der Waals surface area contributed by atoms with Gasteiger partial charge in [0.1, 0.15) is 5.75 Å². The third-order valence-corrected chi connectivity index (χ3v) is 5.10. The van der Waals surface area contributed by atoms with Gasteiger partial charge in [0.2, 0.25) is 11.8 Å². The van der Waals surface area contributed by atoms with Crippen molar-refractivity contribution in [3.05, 3.63) is 29.3 Å². The third-order valence-electron chi connectivity index (χ3n) is 5.10. The van der Waals surface area contributed by atoms with Gasteiger partial charge in [-0.25, -0.2) is 0 Å². The summed E-state index contributed by atoms with van der Waals surface area (Å²) in [5.74, 6) is -4.28. The summed E-state index contributed by atoms with van der Waals surface area (Å²) in [5.41, 5.74) is 5.66. The van der Waals surface area contributed by atoms with Crippen LogP contribution in [0.25, 0.3) is 0 Å². The second-order valence-electron chi connectivity index (χ2n) is 7.08. The van der Waals surface area contributed by atoms with Crippen LogP contribution in [0, 0.1) is 11.8 Å². The number of amides is 3. The highest BCUT2D eigenvalue weighted by Gasteiger charge is 2.48. The summed E-state index contributed by atoms with van der Waals surface area (Å²) in [6.45, 7) is 0.720. The van der Waals surface area contributed by atoms with Gasteiger partial charge in [-0.05, 0) is 31.9 Å². The van der Waals surface area contributed by atoms with Crippen LogP contribution in [0.5, 0.6) is 5.75 Å². The molecule has 0 aromatic heterocycles. The van der Waals surface area contributed by atoms with Crippen LogP contribution in [0.2, 0.25) is 0 Å². The normalized spacial score (nSPS) is 21.0. The van der Waals surface area contributed by atoms with Gasteiger partial charge in [-0.3, -0.25) is 29.3 Å². The van der Waals surface area contributed by atoms with E-state index in [4.69, 9.17) is 10.5 Å². The maximum atomic E-state index is 13.0. The van der Waals surface area contributed by atoms with Crippen molar-refractivity contribution in [2.75, 3.05) is 19.7 Å². The van der Waals surface area contributed by atoms with Crippen molar-refractivity contribution in [1.82, 2.24) is 10.6 Å². The topological polar surface area (TPSA) is 145 Å². The Kier molecular flexibility index (Phi) is 6.38.